The van der Waals surface area contributed by atoms with E-state index in [2.05, 4.69) is 5.32 Å². The van der Waals surface area contributed by atoms with Crippen molar-refractivity contribution in [3.8, 4) is 17.2 Å². The van der Waals surface area contributed by atoms with Crippen LogP contribution in [0.4, 0.5) is 5.69 Å². The van der Waals surface area contributed by atoms with Gasteiger partial charge in [-0.2, -0.15) is 0 Å². The molecule has 0 aromatic heterocycles. The molecule has 18 heavy (non-hydrogen) atoms. The van der Waals surface area contributed by atoms with E-state index in [9.17, 15) is 10.2 Å². The minimum atomic E-state index is -0.111. The van der Waals surface area contributed by atoms with Crippen LogP contribution < -0.4 is 10.1 Å². The lowest BCUT2D eigenvalue weighted by atomic mass is 10.2. The zero-order valence-corrected chi connectivity index (χ0v) is 10.1. The maximum Gasteiger partial charge on any atom is 0.157 e. The molecular formula is C14H15NO3. The molecule has 94 valence electrons. The molecule has 0 saturated carbocycles. The predicted molar refractivity (Wildman–Crippen MR) is 70.1 cm³/mol. The zero-order valence-electron chi connectivity index (χ0n) is 10.1. The molecule has 4 heteroatoms. The molecule has 0 fully saturated rings. The second-order valence-electron chi connectivity index (χ2n) is 3.91. The Bertz CT molecular complexity index is 540. The van der Waals surface area contributed by atoms with Crippen molar-refractivity contribution in [3.05, 3.63) is 48.0 Å². The number of nitrogens with one attached hydrogen (secondary N) is 1. The fraction of sp³-hybridized carbons (Fsp3) is 0.143. The summed E-state index contributed by atoms with van der Waals surface area (Å²) in [6.45, 7) is 0.557. The van der Waals surface area contributed by atoms with Gasteiger partial charge in [0.1, 0.15) is 5.75 Å². The van der Waals surface area contributed by atoms with Gasteiger partial charge in [0.25, 0.3) is 0 Å². The largest absolute Gasteiger partial charge is 0.504 e. The Kier molecular flexibility index (Phi) is 3.57. The quantitative estimate of drug-likeness (QED) is 0.725. The molecule has 0 saturated heterocycles. The van der Waals surface area contributed by atoms with E-state index in [1.165, 1.54) is 12.1 Å². The molecule has 0 amide bonds. The van der Waals surface area contributed by atoms with Crippen molar-refractivity contribution in [1.29, 1.82) is 0 Å². The third-order valence-corrected chi connectivity index (χ3v) is 2.61. The summed E-state index contributed by atoms with van der Waals surface area (Å²) in [5, 5.41) is 21.8. The molecule has 4 nitrogen and oxygen atoms in total. The summed E-state index contributed by atoms with van der Waals surface area (Å²) in [4.78, 5) is 0. The monoisotopic (exact) mass is 245 g/mol. The summed E-state index contributed by atoms with van der Waals surface area (Å²) in [5.41, 5.74) is 1.81. The third kappa shape index (κ3) is 2.85. The van der Waals surface area contributed by atoms with Crippen LogP contribution in [0.5, 0.6) is 17.2 Å². The molecular weight excluding hydrogens is 230 g/mol. The average molecular weight is 245 g/mol. The summed E-state index contributed by atoms with van der Waals surface area (Å²) in [6, 6.07) is 12.3. The van der Waals surface area contributed by atoms with E-state index in [1.54, 1.807) is 13.2 Å². The molecule has 3 N–H and O–H groups in total. The first-order valence-corrected chi connectivity index (χ1v) is 5.58. The molecule has 0 aliphatic rings. The van der Waals surface area contributed by atoms with E-state index in [1.807, 2.05) is 24.3 Å². The first kappa shape index (κ1) is 12.1. The van der Waals surface area contributed by atoms with E-state index in [0.717, 1.165) is 17.0 Å². The number of phenols is 2. The lowest BCUT2D eigenvalue weighted by molar-refractivity contribution is 0.403. The average Bonchev–Trinajstić information content (AvgIpc) is 2.40. The van der Waals surface area contributed by atoms with Gasteiger partial charge in [0, 0.05) is 18.3 Å². The number of phenolic OH excluding ortho intramolecular Hbond substituents is 2. The number of rotatable bonds is 4. The SMILES string of the molecule is COc1cccc(NCc2ccc(O)c(O)c2)c1. The number of ether oxygens (including phenoxy) is 1. The standard InChI is InChI=1S/C14H15NO3/c1-18-12-4-2-3-11(8-12)15-9-10-5-6-13(16)14(17)7-10/h2-8,15-17H,9H2,1H3. The Morgan fingerprint density at radius 1 is 1.06 bits per heavy atom. The summed E-state index contributed by atoms with van der Waals surface area (Å²) in [5.74, 6) is 0.564. The van der Waals surface area contributed by atoms with E-state index in [4.69, 9.17) is 4.74 Å². The van der Waals surface area contributed by atoms with Crippen molar-refractivity contribution in [1.82, 2.24) is 0 Å². The van der Waals surface area contributed by atoms with E-state index in [0.29, 0.717) is 6.54 Å². The number of benzene rings is 2. The molecule has 2 aromatic rings. The molecule has 0 bridgehead atoms. The molecule has 0 unspecified atom stereocenters. The molecule has 0 aliphatic carbocycles. The predicted octanol–water partition coefficient (Wildman–Crippen LogP) is 2.72. The van der Waals surface area contributed by atoms with Crippen molar-refractivity contribution in [2.24, 2.45) is 0 Å². The topological polar surface area (TPSA) is 61.7 Å². The van der Waals surface area contributed by atoms with Crippen LogP contribution in [0.15, 0.2) is 42.5 Å². The van der Waals surface area contributed by atoms with Crippen molar-refractivity contribution < 1.29 is 14.9 Å². The van der Waals surface area contributed by atoms with Crippen LogP contribution in [-0.4, -0.2) is 17.3 Å². The van der Waals surface area contributed by atoms with Crippen molar-refractivity contribution in [2.75, 3.05) is 12.4 Å². The molecule has 0 atom stereocenters. The van der Waals surface area contributed by atoms with Crippen molar-refractivity contribution in [2.45, 2.75) is 6.54 Å². The van der Waals surface area contributed by atoms with Crippen LogP contribution >= 0.6 is 0 Å². The Morgan fingerprint density at radius 2 is 1.89 bits per heavy atom. The van der Waals surface area contributed by atoms with Crippen LogP contribution in [0.2, 0.25) is 0 Å². The summed E-state index contributed by atoms with van der Waals surface area (Å²) in [7, 11) is 1.62. The van der Waals surface area contributed by atoms with Crippen molar-refractivity contribution in [3.63, 3.8) is 0 Å². The summed E-state index contributed by atoms with van der Waals surface area (Å²) < 4.78 is 5.13. The number of aromatic hydroxyl groups is 2. The number of hydrogen-bond acceptors (Lipinski definition) is 4. The second-order valence-corrected chi connectivity index (χ2v) is 3.91. The van der Waals surface area contributed by atoms with E-state index in [-0.39, 0.29) is 11.5 Å². The van der Waals surface area contributed by atoms with Crippen molar-refractivity contribution >= 4 is 5.69 Å². The zero-order chi connectivity index (χ0) is 13.0. The third-order valence-electron chi connectivity index (χ3n) is 2.61. The first-order valence-electron chi connectivity index (χ1n) is 5.58. The highest BCUT2D eigenvalue weighted by Crippen LogP contribution is 2.25. The van der Waals surface area contributed by atoms with Gasteiger partial charge in [-0.05, 0) is 29.8 Å². The normalized spacial score (nSPS) is 10.1. The molecule has 0 heterocycles. The molecule has 0 radical (unpaired) electrons. The highest BCUT2D eigenvalue weighted by Gasteiger charge is 2.01. The van der Waals surface area contributed by atoms with Gasteiger partial charge in [-0.1, -0.05) is 12.1 Å². The minimum absolute atomic E-state index is 0.111. The Labute approximate surface area is 105 Å². The second kappa shape index (κ2) is 5.31. The van der Waals surface area contributed by atoms with Crippen LogP contribution in [0, 0.1) is 0 Å². The Morgan fingerprint density at radius 3 is 2.61 bits per heavy atom. The molecule has 2 rings (SSSR count). The van der Waals surface area contributed by atoms with Gasteiger partial charge in [0.05, 0.1) is 7.11 Å². The fourth-order valence-electron chi connectivity index (χ4n) is 1.62. The molecule has 2 aromatic carbocycles. The number of hydrogen-bond donors (Lipinski definition) is 3. The van der Waals surface area contributed by atoms with Gasteiger partial charge < -0.3 is 20.3 Å². The van der Waals surface area contributed by atoms with E-state index < -0.39 is 0 Å². The Hall–Kier alpha value is -2.36. The highest BCUT2D eigenvalue weighted by molar-refractivity contribution is 5.49. The lowest BCUT2D eigenvalue weighted by Crippen LogP contribution is -1.99. The van der Waals surface area contributed by atoms with Crippen LogP contribution in [0.25, 0.3) is 0 Å². The van der Waals surface area contributed by atoms with Gasteiger partial charge >= 0.3 is 0 Å². The smallest absolute Gasteiger partial charge is 0.157 e. The van der Waals surface area contributed by atoms with Crippen LogP contribution in [0.1, 0.15) is 5.56 Å². The van der Waals surface area contributed by atoms with Gasteiger partial charge in [0.2, 0.25) is 0 Å². The number of anilines is 1. The van der Waals surface area contributed by atoms with Gasteiger partial charge in [-0.25, -0.2) is 0 Å². The first-order chi connectivity index (χ1) is 8.69. The fourth-order valence-corrected chi connectivity index (χ4v) is 1.62. The highest BCUT2D eigenvalue weighted by atomic mass is 16.5. The lowest BCUT2D eigenvalue weighted by Gasteiger charge is -2.08. The maximum atomic E-state index is 9.38. The Balaban J connectivity index is 2.04. The van der Waals surface area contributed by atoms with Gasteiger partial charge in [-0.15, -0.1) is 0 Å². The van der Waals surface area contributed by atoms with Crippen LogP contribution in [-0.2, 0) is 6.54 Å². The van der Waals surface area contributed by atoms with Gasteiger partial charge in [-0.3, -0.25) is 0 Å². The maximum absolute atomic E-state index is 9.38. The molecule has 0 aliphatic heterocycles. The van der Waals surface area contributed by atoms with Crippen LogP contribution in [0.3, 0.4) is 0 Å². The minimum Gasteiger partial charge on any atom is -0.504 e. The molecule has 0 spiro atoms. The summed E-state index contributed by atoms with van der Waals surface area (Å²) >= 11 is 0. The summed E-state index contributed by atoms with van der Waals surface area (Å²) in [6.07, 6.45) is 0. The number of methoxy groups -OCH3 is 1. The van der Waals surface area contributed by atoms with E-state index >= 15 is 0 Å². The van der Waals surface area contributed by atoms with Gasteiger partial charge in [0.15, 0.2) is 11.5 Å².